The van der Waals surface area contributed by atoms with Crippen LogP contribution >= 0.6 is 0 Å². The van der Waals surface area contributed by atoms with Crippen molar-refractivity contribution in [3.05, 3.63) is 53.3 Å². The lowest BCUT2D eigenvalue weighted by Crippen LogP contribution is -2.56. The summed E-state index contributed by atoms with van der Waals surface area (Å²) in [5, 5.41) is 5.32. The minimum Gasteiger partial charge on any atom is -0.493 e. The van der Waals surface area contributed by atoms with Crippen molar-refractivity contribution in [2.75, 3.05) is 46.2 Å². The standard InChI is InChI=1S/C29H37F3N4O3/c1-35-13-9-20(10-14-35)36-15-12-29(18-4-7-23(38-2)24(16-18)39-3)11-8-19(17-25(29)36)33-28(37)34-22-6-5-21(30)26(31)27(22)32/h4-7,16,19-20,25H,8-15,17H2,1-3H3,(H2,33,34,37)/t19-,25+,29+/m1/s1. The number of anilines is 1. The molecule has 0 bridgehead atoms. The molecule has 2 aliphatic heterocycles. The second kappa shape index (κ2) is 11.3. The molecule has 0 spiro atoms. The zero-order valence-corrected chi connectivity index (χ0v) is 22.7. The molecule has 2 N–H and O–H groups in total. The lowest BCUT2D eigenvalue weighted by Gasteiger charge is -2.48. The molecule has 0 unspecified atom stereocenters. The van der Waals surface area contributed by atoms with E-state index in [1.165, 1.54) is 5.56 Å². The average molecular weight is 547 g/mol. The van der Waals surface area contributed by atoms with Gasteiger partial charge in [0.15, 0.2) is 29.0 Å². The molecule has 3 fully saturated rings. The molecular formula is C29H37F3N4O3. The number of methoxy groups -OCH3 is 2. The predicted molar refractivity (Wildman–Crippen MR) is 143 cm³/mol. The lowest BCUT2D eigenvalue weighted by molar-refractivity contribution is 0.0673. The zero-order valence-electron chi connectivity index (χ0n) is 22.7. The third kappa shape index (κ3) is 5.28. The molecule has 5 rings (SSSR count). The molecule has 0 aromatic heterocycles. The number of benzene rings is 2. The molecule has 7 nitrogen and oxygen atoms in total. The van der Waals surface area contributed by atoms with Gasteiger partial charge in [0.05, 0.1) is 19.9 Å². The number of hydrogen-bond donors (Lipinski definition) is 2. The van der Waals surface area contributed by atoms with Gasteiger partial charge >= 0.3 is 6.03 Å². The quantitative estimate of drug-likeness (QED) is 0.505. The number of nitrogens with one attached hydrogen (secondary N) is 2. The molecular weight excluding hydrogens is 509 g/mol. The molecule has 2 aromatic rings. The first-order valence-corrected chi connectivity index (χ1v) is 13.6. The maximum Gasteiger partial charge on any atom is 0.319 e. The molecule has 3 aliphatic rings. The fourth-order valence-electron chi connectivity index (χ4n) is 6.93. The second-order valence-electron chi connectivity index (χ2n) is 11.1. The number of amides is 2. The molecule has 2 saturated heterocycles. The Labute approximate surface area is 227 Å². The van der Waals surface area contributed by atoms with Crippen LogP contribution < -0.4 is 20.1 Å². The Morgan fingerprint density at radius 1 is 0.949 bits per heavy atom. The smallest absolute Gasteiger partial charge is 0.319 e. The van der Waals surface area contributed by atoms with Gasteiger partial charge in [0, 0.05) is 23.5 Å². The first-order valence-electron chi connectivity index (χ1n) is 13.6. The van der Waals surface area contributed by atoms with Crippen molar-refractivity contribution in [1.29, 1.82) is 0 Å². The molecule has 1 aliphatic carbocycles. The van der Waals surface area contributed by atoms with E-state index in [0.717, 1.165) is 70.3 Å². The zero-order chi connectivity index (χ0) is 27.7. The van der Waals surface area contributed by atoms with Crippen LogP contribution in [0.1, 0.15) is 44.1 Å². The van der Waals surface area contributed by atoms with Gasteiger partial charge in [-0.15, -0.1) is 0 Å². The highest BCUT2D eigenvalue weighted by molar-refractivity contribution is 5.89. The van der Waals surface area contributed by atoms with Crippen LogP contribution in [0.15, 0.2) is 30.3 Å². The van der Waals surface area contributed by atoms with Crippen LogP contribution in [-0.4, -0.2) is 74.9 Å². The number of urea groups is 1. The van der Waals surface area contributed by atoms with Gasteiger partial charge in [-0.05, 0) is 95.0 Å². The lowest BCUT2D eigenvalue weighted by atomic mass is 9.65. The Kier molecular flexibility index (Phi) is 7.96. The summed E-state index contributed by atoms with van der Waals surface area (Å²) in [4.78, 5) is 17.8. The predicted octanol–water partition coefficient (Wildman–Crippen LogP) is 4.90. The summed E-state index contributed by atoms with van der Waals surface area (Å²) in [6.07, 6.45) is 5.54. The Morgan fingerprint density at radius 2 is 1.69 bits per heavy atom. The van der Waals surface area contributed by atoms with E-state index in [1.807, 2.05) is 6.07 Å². The molecule has 3 atom stereocenters. The van der Waals surface area contributed by atoms with E-state index in [0.29, 0.717) is 17.5 Å². The molecule has 2 heterocycles. The summed E-state index contributed by atoms with van der Waals surface area (Å²) in [6.45, 7) is 3.09. The molecule has 2 aromatic carbocycles. The van der Waals surface area contributed by atoms with E-state index in [2.05, 4.69) is 39.6 Å². The fourth-order valence-corrected chi connectivity index (χ4v) is 6.93. The monoisotopic (exact) mass is 546 g/mol. The van der Waals surface area contributed by atoms with Gasteiger partial charge in [0.2, 0.25) is 0 Å². The number of piperidine rings is 1. The largest absolute Gasteiger partial charge is 0.493 e. The number of ether oxygens (including phenoxy) is 2. The van der Waals surface area contributed by atoms with Gasteiger partial charge in [0.1, 0.15) is 0 Å². The van der Waals surface area contributed by atoms with Crippen molar-refractivity contribution in [3.63, 3.8) is 0 Å². The van der Waals surface area contributed by atoms with Crippen LogP contribution in [-0.2, 0) is 5.41 Å². The van der Waals surface area contributed by atoms with Crippen molar-refractivity contribution in [2.24, 2.45) is 0 Å². The summed E-state index contributed by atoms with van der Waals surface area (Å²) in [6, 6.07) is 7.90. The van der Waals surface area contributed by atoms with E-state index >= 15 is 0 Å². The average Bonchev–Trinajstić information content (AvgIpc) is 3.33. The Bertz CT molecular complexity index is 1210. The first kappa shape index (κ1) is 27.6. The van der Waals surface area contributed by atoms with Crippen LogP contribution in [0.4, 0.5) is 23.7 Å². The van der Waals surface area contributed by atoms with E-state index in [9.17, 15) is 18.0 Å². The van der Waals surface area contributed by atoms with Crippen LogP contribution in [0.5, 0.6) is 11.5 Å². The molecule has 212 valence electrons. The maximum atomic E-state index is 14.1. The van der Waals surface area contributed by atoms with Crippen molar-refractivity contribution >= 4 is 11.7 Å². The second-order valence-corrected chi connectivity index (χ2v) is 11.1. The Hall–Kier alpha value is -2.98. The van der Waals surface area contributed by atoms with Gasteiger partial charge in [-0.25, -0.2) is 18.0 Å². The molecule has 10 heteroatoms. The molecule has 1 saturated carbocycles. The van der Waals surface area contributed by atoms with E-state index in [-0.39, 0.29) is 17.5 Å². The number of halogens is 3. The summed E-state index contributed by atoms with van der Waals surface area (Å²) in [5.41, 5.74) is 0.729. The number of rotatable bonds is 6. The minimum atomic E-state index is -1.61. The third-order valence-corrected chi connectivity index (χ3v) is 9.04. The number of likely N-dealkylation sites (tertiary alicyclic amines) is 2. The molecule has 39 heavy (non-hydrogen) atoms. The van der Waals surface area contributed by atoms with Crippen LogP contribution in [0.3, 0.4) is 0 Å². The number of carbonyl (C=O) groups excluding carboxylic acids is 1. The highest BCUT2D eigenvalue weighted by atomic mass is 19.2. The summed E-state index contributed by atoms with van der Waals surface area (Å²) >= 11 is 0. The van der Waals surface area contributed by atoms with Crippen molar-refractivity contribution in [1.82, 2.24) is 15.1 Å². The fraction of sp³-hybridized carbons (Fsp3) is 0.552. The third-order valence-electron chi connectivity index (χ3n) is 9.04. The van der Waals surface area contributed by atoms with Crippen molar-refractivity contribution in [3.8, 4) is 11.5 Å². The minimum absolute atomic E-state index is 0.0935. The summed E-state index contributed by atoms with van der Waals surface area (Å²) in [7, 11) is 5.43. The maximum absolute atomic E-state index is 14.1. The summed E-state index contributed by atoms with van der Waals surface area (Å²) in [5.74, 6) is -2.92. The van der Waals surface area contributed by atoms with Gasteiger partial charge < -0.3 is 25.0 Å². The number of nitrogens with zero attached hydrogens (tertiary/aromatic N) is 2. The van der Waals surface area contributed by atoms with Gasteiger partial charge in [-0.2, -0.15) is 0 Å². The normalized spacial score (nSPS) is 26.2. The highest BCUT2D eigenvalue weighted by Gasteiger charge is 2.53. The highest BCUT2D eigenvalue weighted by Crippen LogP contribution is 2.51. The first-order chi connectivity index (χ1) is 18.8. The SMILES string of the molecule is COc1ccc([C@@]23CC[C@@H](NC(=O)Nc4ccc(F)c(F)c4F)C[C@@H]2N(C2CCN(C)CC2)CC3)cc1OC. The Morgan fingerprint density at radius 3 is 2.41 bits per heavy atom. The van der Waals surface area contributed by atoms with Crippen LogP contribution in [0, 0.1) is 17.5 Å². The topological polar surface area (TPSA) is 66.1 Å². The van der Waals surface area contributed by atoms with Gasteiger partial charge in [0.25, 0.3) is 0 Å². The number of carbonyl (C=O) groups is 1. The van der Waals surface area contributed by atoms with E-state index in [1.54, 1.807) is 14.2 Å². The van der Waals surface area contributed by atoms with Gasteiger partial charge in [-0.1, -0.05) is 6.07 Å². The number of fused-ring (bicyclic) bond motifs is 1. The van der Waals surface area contributed by atoms with Crippen LogP contribution in [0.2, 0.25) is 0 Å². The van der Waals surface area contributed by atoms with Crippen molar-refractivity contribution in [2.45, 2.75) is 62.1 Å². The van der Waals surface area contributed by atoms with Gasteiger partial charge in [-0.3, -0.25) is 4.90 Å². The van der Waals surface area contributed by atoms with Crippen molar-refractivity contribution < 1.29 is 27.4 Å². The molecule has 0 radical (unpaired) electrons. The summed E-state index contributed by atoms with van der Waals surface area (Å²) < 4.78 is 52.2. The van der Waals surface area contributed by atoms with E-state index < -0.39 is 29.2 Å². The van der Waals surface area contributed by atoms with Crippen LogP contribution in [0.25, 0.3) is 0 Å². The molecule has 2 amide bonds. The van der Waals surface area contributed by atoms with E-state index in [4.69, 9.17) is 9.47 Å². The number of hydrogen-bond acceptors (Lipinski definition) is 5. The Balaban J connectivity index is 1.37.